The van der Waals surface area contributed by atoms with Gasteiger partial charge >= 0.3 is 0 Å². The zero-order valence-electron chi connectivity index (χ0n) is 13.9. The van der Waals surface area contributed by atoms with Crippen molar-refractivity contribution in [1.29, 1.82) is 0 Å². The number of nitrogens with zero attached hydrogens (tertiary/aromatic N) is 2. The Morgan fingerprint density at radius 2 is 1.88 bits per heavy atom. The molecule has 8 heteroatoms. The summed E-state index contributed by atoms with van der Waals surface area (Å²) in [5.74, 6) is -1.15. The van der Waals surface area contributed by atoms with Gasteiger partial charge in [-0.2, -0.15) is 0 Å². The Morgan fingerprint density at radius 1 is 1.15 bits per heavy atom. The second kappa shape index (κ2) is 7.09. The molecule has 134 valence electrons. The zero-order valence-corrected chi connectivity index (χ0v) is 14.7. The quantitative estimate of drug-likeness (QED) is 0.746. The Bertz CT molecular complexity index is 1060. The highest BCUT2D eigenvalue weighted by atomic mass is 32.2. The van der Waals surface area contributed by atoms with Crippen LogP contribution < -0.4 is 9.62 Å². The van der Waals surface area contributed by atoms with Crippen molar-refractivity contribution in [3.63, 3.8) is 0 Å². The van der Waals surface area contributed by atoms with Gasteiger partial charge in [0.15, 0.2) is 0 Å². The lowest BCUT2D eigenvalue weighted by molar-refractivity contribution is -0.114. The third-order valence-electron chi connectivity index (χ3n) is 3.69. The SMILES string of the molecule is CS(=O)(=O)N(CC(=O)Nc1cccc2cccnc12)c1cccc(F)c1. The lowest BCUT2D eigenvalue weighted by atomic mass is 10.2. The average molecular weight is 373 g/mol. The molecule has 0 saturated heterocycles. The summed E-state index contributed by atoms with van der Waals surface area (Å²) in [5.41, 5.74) is 1.15. The van der Waals surface area contributed by atoms with E-state index in [4.69, 9.17) is 0 Å². The van der Waals surface area contributed by atoms with Gasteiger partial charge in [0.2, 0.25) is 15.9 Å². The van der Waals surface area contributed by atoms with E-state index in [-0.39, 0.29) is 5.69 Å². The standard InChI is InChI=1S/C18H16FN3O3S/c1-26(24,25)22(15-8-3-7-14(19)11-15)12-17(23)21-16-9-2-5-13-6-4-10-20-18(13)16/h2-11H,12H2,1H3,(H,21,23). The van der Waals surface area contributed by atoms with Gasteiger partial charge in [-0.3, -0.25) is 14.1 Å². The number of fused-ring (bicyclic) bond motifs is 1. The van der Waals surface area contributed by atoms with Gasteiger partial charge < -0.3 is 5.32 Å². The summed E-state index contributed by atoms with van der Waals surface area (Å²) in [7, 11) is -3.77. The summed E-state index contributed by atoms with van der Waals surface area (Å²) in [5, 5.41) is 3.51. The number of halogens is 1. The first-order valence-electron chi connectivity index (χ1n) is 7.71. The lowest BCUT2D eigenvalue weighted by Gasteiger charge is -2.22. The molecule has 0 atom stereocenters. The van der Waals surface area contributed by atoms with E-state index >= 15 is 0 Å². The fourth-order valence-corrected chi connectivity index (χ4v) is 3.40. The predicted molar refractivity (Wildman–Crippen MR) is 99.0 cm³/mol. The second-order valence-electron chi connectivity index (χ2n) is 5.68. The van der Waals surface area contributed by atoms with Crippen LogP contribution >= 0.6 is 0 Å². The Kier molecular flexibility index (Phi) is 4.85. The second-order valence-corrected chi connectivity index (χ2v) is 7.59. The fourth-order valence-electron chi connectivity index (χ4n) is 2.56. The van der Waals surface area contributed by atoms with E-state index in [9.17, 15) is 17.6 Å². The molecule has 2 aromatic carbocycles. The van der Waals surface area contributed by atoms with E-state index in [1.165, 1.54) is 18.2 Å². The predicted octanol–water partition coefficient (Wildman–Crippen LogP) is 2.78. The van der Waals surface area contributed by atoms with Crippen LogP contribution in [-0.4, -0.2) is 32.1 Å². The van der Waals surface area contributed by atoms with E-state index in [2.05, 4.69) is 10.3 Å². The molecule has 0 saturated carbocycles. The number of carbonyl (C=O) groups is 1. The van der Waals surface area contributed by atoms with Crippen molar-refractivity contribution in [3.8, 4) is 0 Å². The van der Waals surface area contributed by atoms with E-state index in [1.54, 1.807) is 24.4 Å². The van der Waals surface area contributed by atoms with Crippen LogP contribution in [0.25, 0.3) is 10.9 Å². The van der Waals surface area contributed by atoms with Crippen molar-refractivity contribution >= 4 is 38.2 Å². The van der Waals surface area contributed by atoms with Crippen LogP contribution in [0.4, 0.5) is 15.8 Å². The molecule has 1 aromatic heterocycles. The van der Waals surface area contributed by atoms with E-state index < -0.39 is 28.3 Å². The third kappa shape index (κ3) is 3.97. The number of aromatic nitrogens is 1. The lowest BCUT2D eigenvalue weighted by Crippen LogP contribution is -2.37. The highest BCUT2D eigenvalue weighted by Gasteiger charge is 2.21. The van der Waals surface area contributed by atoms with Crippen LogP contribution in [0.1, 0.15) is 0 Å². The normalized spacial score (nSPS) is 11.3. The number of para-hydroxylation sites is 1. The van der Waals surface area contributed by atoms with Crippen LogP contribution in [-0.2, 0) is 14.8 Å². The largest absolute Gasteiger partial charge is 0.323 e. The number of pyridine rings is 1. The molecule has 0 unspecified atom stereocenters. The Balaban J connectivity index is 1.87. The smallest absolute Gasteiger partial charge is 0.245 e. The fraction of sp³-hybridized carbons (Fsp3) is 0.111. The minimum absolute atomic E-state index is 0.0821. The number of hydrogen-bond donors (Lipinski definition) is 1. The van der Waals surface area contributed by atoms with Gasteiger partial charge in [0, 0.05) is 11.6 Å². The van der Waals surface area contributed by atoms with Crippen LogP contribution in [0.5, 0.6) is 0 Å². The van der Waals surface area contributed by atoms with Crippen LogP contribution in [0.3, 0.4) is 0 Å². The molecule has 0 spiro atoms. The maximum absolute atomic E-state index is 13.4. The van der Waals surface area contributed by atoms with Crippen molar-refractivity contribution in [3.05, 3.63) is 66.6 Å². The highest BCUT2D eigenvalue weighted by molar-refractivity contribution is 7.92. The summed E-state index contributed by atoms with van der Waals surface area (Å²) < 4.78 is 38.4. The molecule has 1 heterocycles. The van der Waals surface area contributed by atoms with E-state index in [0.717, 1.165) is 22.0 Å². The molecule has 26 heavy (non-hydrogen) atoms. The highest BCUT2D eigenvalue weighted by Crippen LogP contribution is 2.22. The minimum Gasteiger partial charge on any atom is -0.323 e. The number of nitrogens with one attached hydrogen (secondary N) is 1. The minimum atomic E-state index is -3.77. The maximum atomic E-state index is 13.4. The molecule has 0 fully saturated rings. The first kappa shape index (κ1) is 17.8. The van der Waals surface area contributed by atoms with Gasteiger partial charge in [-0.05, 0) is 30.3 Å². The molecule has 1 amide bonds. The molecular weight excluding hydrogens is 357 g/mol. The number of anilines is 2. The molecule has 6 nitrogen and oxygen atoms in total. The molecule has 0 bridgehead atoms. The van der Waals surface area contributed by atoms with Gasteiger partial charge in [0.1, 0.15) is 12.4 Å². The Morgan fingerprint density at radius 3 is 2.62 bits per heavy atom. The summed E-state index contributed by atoms with van der Waals surface area (Å²) in [4.78, 5) is 16.7. The van der Waals surface area contributed by atoms with Crippen molar-refractivity contribution in [1.82, 2.24) is 4.98 Å². The number of hydrogen-bond acceptors (Lipinski definition) is 4. The molecule has 0 aliphatic rings. The monoisotopic (exact) mass is 373 g/mol. The molecule has 0 aliphatic carbocycles. The van der Waals surface area contributed by atoms with E-state index in [0.29, 0.717) is 11.2 Å². The van der Waals surface area contributed by atoms with Crippen molar-refractivity contribution in [2.24, 2.45) is 0 Å². The van der Waals surface area contributed by atoms with Gasteiger partial charge in [0.25, 0.3) is 0 Å². The van der Waals surface area contributed by atoms with Crippen LogP contribution in [0.15, 0.2) is 60.8 Å². The van der Waals surface area contributed by atoms with Gasteiger partial charge in [0.05, 0.1) is 23.1 Å². The van der Waals surface area contributed by atoms with Gasteiger partial charge in [-0.15, -0.1) is 0 Å². The molecule has 3 rings (SSSR count). The van der Waals surface area contributed by atoms with Crippen molar-refractivity contribution in [2.75, 3.05) is 22.4 Å². The Labute approximate surface area is 150 Å². The molecule has 0 aliphatic heterocycles. The van der Waals surface area contributed by atoms with E-state index in [1.807, 2.05) is 12.1 Å². The van der Waals surface area contributed by atoms with Gasteiger partial charge in [-0.1, -0.05) is 24.3 Å². The molecular formula is C18H16FN3O3S. The number of benzene rings is 2. The third-order valence-corrected chi connectivity index (χ3v) is 4.83. The van der Waals surface area contributed by atoms with Crippen LogP contribution in [0, 0.1) is 5.82 Å². The Hall–Kier alpha value is -3.00. The van der Waals surface area contributed by atoms with Crippen LogP contribution in [0.2, 0.25) is 0 Å². The zero-order chi connectivity index (χ0) is 18.7. The molecule has 1 N–H and O–H groups in total. The first-order valence-corrected chi connectivity index (χ1v) is 9.56. The maximum Gasteiger partial charge on any atom is 0.245 e. The number of rotatable bonds is 5. The number of sulfonamides is 1. The van der Waals surface area contributed by atoms with Crippen molar-refractivity contribution < 1.29 is 17.6 Å². The summed E-state index contributed by atoms with van der Waals surface area (Å²) in [6, 6.07) is 14.0. The number of carbonyl (C=O) groups excluding carboxylic acids is 1. The molecule has 3 aromatic rings. The number of amides is 1. The molecule has 0 radical (unpaired) electrons. The average Bonchev–Trinajstić information content (AvgIpc) is 2.59. The topological polar surface area (TPSA) is 79.4 Å². The summed E-state index contributed by atoms with van der Waals surface area (Å²) in [6.45, 7) is -0.481. The summed E-state index contributed by atoms with van der Waals surface area (Å²) >= 11 is 0. The van der Waals surface area contributed by atoms with Crippen molar-refractivity contribution in [2.45, 2.75) is 0 Å². The van der Waals surface area contributed by atoms with Gasteiger partial charge in [-0.25, -0.2) is 12.8 Å². The summed E-state index contributed by atoms with van der Waals surface area (Å²) in [6.07, 6.45) is 2.57. The first-order chi connectivity index (χ1) is 12.3.